The number of hydrogen-bond donors (Lipinski definition) is 0. The van der Waals surface area contributed by atoms with Gasteiger partial charge in [-0.15, -0.1) is 0 Å². The Morgan fingerprint density at radius 1 is 0.375 bits per heavy atom. The Labute approximate surface area is 326 Å². The third-order valence-electron chi connectivity index (χ3n) is 11.7. The van der Waals surface area contributed by atoms with Gasteiger partial charge in [-0.05, 0) is 129 Å². The molecule has 56 heavy (non-hydrogen) atoms. The van der Waals surface area contributed by atoms with Crippen molar-refractivity contribution in [1.82, 2.24) is 0 Å². The van der Waals surface area contributed by atoms with E-state index in [0.717, 1.165) is 61.4 Å². The van der Waals surface area contributed by atoms with Crippen LogP contribution in [-0.2, 0) is 5.41 Å². The van der Waals surface area contributed by atoms with Crippen LogP contribution in [0.4, 0.5) is 34.1 Å². The fourth-order valence-corrected chi connectivity index (χ4v) is 9.34. The minimum atomic E-state index is -0.259. The predicted octanol–water partition coefficient (Wildman–Crippen LogP) is 15.1. The van der Waals surface area contributed by atoms with E-state index in [4.69, 9.17) is 4.42 Å². The summed E-state index contributed by atoms with van der Waals surface area (Å²) in [5.74, 6) is 0. The molecule has 3 nitrogen and oxygen atoms in total. The zero-order chi connectivity index (χ0) is 37.4. The van der Waals surface area contributed by atoms with E-state index in [1.165, 1.54) is 38.4 Å². The van der Waals surface area contributed by atoms with Crippen molar-refractivity contribution in [3.8, 4) is 11.1 Å². The van der Waals surface area contributed by atoms with Crippen LogP contribution in [0.2, 0.25) is 0 Å². The minimum absolute atomic E-state index is 0.259. The lowest BCUT2D eigenvalue weighted by Gasteiger charge is -2.27. The molecule has 0 spiro atoms. The van der Waals surface area contributed by atoms with Gasteiger partial charge in [0, 0.05) is 55.7 Å². The van der Waals surface area contributed by atoms with E-state index >= 15 is 0 Å². The molecule has 0 N–H and O–H groups in total. The van der Waals surface area contributed by atoms with E-state index in [9.17, 15) is 0 Å². The van der Waals surface area contributed by atoms with E-state index in [1.54, 1.807) is 0 Å². The van der Waals surface area contributed by atoms with Crippen LogP contribution in [0.1, 0.15) is 25.0 Å². The number of hydrogen-bond acceptors (Lipinski definition) is 3. The van der Waals surface area contributed by atoms with Crippen LogP contribution >= 0.6 is 0 Å². The van der Waals surface area contributed by atoms with E-state index in [1.807, 2.05) is 0 Å². The summed E-state index contributed by atoms with van der Waals surface area (Å²) in [7, 11) is 0. The van der Waals surface area contributed by atoms with E-state index in [2.05, 4.69) is 218 Å². The van der Waals surface area contributed by atoms with Crippen LogP contribution in [0, 0.1) is 0 Å². The minimum Gasteiger partial charge on any atom is -0.455 e. The van der Waals surface area contributed by atoms with Crippen molar-refractivity contribution in [1.29, 1.82) is 0 Å². The molecule has 0 radical (unpaired) electrons. The maximum atomic E-state index is 6.85. The molecule has 0 saturated carbocycles. The molecule has 0 fully saturated rings. The van der Waals surface area contributed by atoms with Gasteiger partial charge in [-0.2, -0.15) is 0 Å². The van der Waals surface area contributed by atoms with Gasteiger partial charge < -0.3 is 14.2 Å². The van der Waals surface area contributed by atoms with Gasteiger partial charge in [-0.25, -0.2) is 0 Å². The quantitative estimate of drug-likeness (QED) is 0.171. The van der Waals surface area contributed by atoms with Gasteiger partial charge in [0.15, 0.2) is 0 Å². The Morgan fingerprint density at radius 3 is 1.34 bits per heavy atom. The van der Waals surface area contributed by atoms with Crippen LogP contribution < -0.4 is 9.80 Å². The molecule has 266 valence electrons. The smallest absolute Gasteiger partial charge is 0.143 e. The predicted molar refractivity (Wildman–Crippen MR) is 236 cm³/mol. The van der Waals surface area contributed by atoms with Crippen molar-refractivity contribution in [2.24, 2.45) is 0 Å². The lowest BCUT2D eigenvalue weighted by Crippen LogP contribution is -2.16. The fraction of sp³-hybridized carbons (Fsp3) is 0.0566. The molecule has 1 aromatic heterocycles. The summed E-state index contributed by atoms with van der Waals surface area (Å²) in [5, 5.41) is 7.15. The van der Waals surface area contributed by atoms with Crippen LogP contribution in [0.25, 0.3) is 54.6 Å². The molecule has 1 heterocycles. The Kier molecular flexibility index (Phi) is 7.20. The molecule has 1 aliphatic rings. The summed E-state index contributed by atoms with van der Waals surface area (Å²) in [4.78, 5) is 4.64. The second-order valence-corrected chi connectivity index (χ2v) is 15.3. The summed E-state index contributed by atoms with van der Waals surface area (Å²) in [6.07, 6.45) is 0. The van der Waals surface area contributed by atoms with Crippen LogP contribution in [-0.4, -0.2) is 0 Å². The average Bonchev–Trinajstić information content (AvgIpc) is 3.74. The van der Waals surface area contributed by atoms with Gasteiger partial charge in [0.25, 0.3) is 0 Å². The molecule has 10 aromatic rings. The second-order valence-electron chi connectivity index (χ2n) is 15.3. The first-order valence-corrected chi connectivity index (χ1v) is 19.4. The summed E-state index contributed by atoms with van der Waals surface area (Å²) in [6, 6.07) is 69.7. The molecule has 0 aliphatic heterocycles. The molecule has 11 rings (SSSR count). The van der Waals surface area contributed by atoms with Gasteiger partial charge >= 0.3 is 0 Å². The molecular weight excluding hydrogens is 681 g/mol. The SMILES string of the molecule is CC1(C)c2c(ccc3cc(N(c4ccccc4)c4ccccc4)ccc23)-c2ccc3oc4c5ccc(N(c6ccccc6)c6ccccc6)cc5ccc4c3c21. The highest BCUT2D eigenvalue weighted by molar-refractivity contribution is 6.19. The van der Waals surface area contributed by atoms with Gasteiger partial charge in [0.05, 0.1) is 0 Å². The number of furan rings is 1. The highest BCUT2D eigenvalue weighted by atomic mass is 16.3. The first-order chi connectivity index (χ1) is 27.5. The highest BCUT2D eigenvalue weighted by Crippen LogP contribution is 2.56. The second kappa shape index (κ2) is 12.5. The average molecular weight is 719 g/mol. The lowest BCUT2D eigenvalue weighted by atomic mass is 9.78. The summed E-state index contributed by atoms with van der Waals surface area (Å²) in [6.45, 7) is 4.78. The summed E-state index contributed by atoms with van der Waals surface area (Å²) < 4.78 is 6.85. The largest absolute Gasteiger partial charge is 0.455 e. The standard InChI is InChI=1S/C53H38N2O/c1-53(2)50-43-29-25-41(54(37-15-7-3-8-16-37)38-17-9-4-10-18-38)33-35(43)23-27-45(50)46-31-32-48-49(51(46)53)47-28-24-36-34-42(26-30-44(36)52(47)56-48)55(39-19-11-5-12-20-39)40-21-13-6-14-22-40/h3-34H,1-2H3. The zero-order valence-corrected chi connectivity index (χ0v) is 31.3. The lowest BCUT2D eigenvalue weighted by molar-refractivity contribution is 0.661. The Bertz CT molecular complexity index is 3020. The van der Waals surface area contributed by atoms with Crippen LogP contribution in [0.5, 0.6) is 0 Å². The fourth-order valence-electron chi connectivity index (χ4n) is 9.34. The normalized spacial score (nSPS) is 13.0. The van der Waals surface area contributed by atoms with E-state index < -0.39 is 0 Å². The van der Waals surface area contributed by atoms with Gasteiger partial charge in [0.2, 0.25) is 0 Å². The third kappa shape index (κ3) is 4.91. The van der Waals surface area contributed by atoms with Crippen molar-refractivity contribution in [2.45, 2.75) is 19.3 Å². The van der Waals surface area contributed by atoms with Crippen LogP contribution in [0.3, 0.4) is 0 Å². The topological polar surface area (TPSA) is 19.6 Å². The number of rotatable bonds is 6. The molecule has 0 unspecified atom stereocenters. The van der Waals surface area contributed by atoms with Crippen molar-refractivity contribution in [3.63, 3.8) is 0 Å². The van der Waals surface area contributed by atoms with Crippen molar-refractivity contribution >= 4 is 77.6 Å². The Morgan fingerprint density at radius 2 is 0.804 bits per heavy atom. The molecule has 1 aliphatic carbocycles. The number of para-hydroxylation sites is 4. The van der Waals surface area contributed by atoms with Crippen LogP contribution in [0.15, 0.2) is 199 Å². The first kappa shape index (κ1) is 32.3. The maximum Gasteiger partial charge on any atom is 0.143 e. The zero-order valence-electron chi connectivity index (χ0n) is 31.3. The van der Waals surface area contributed by atoms with Gasteiger partial charge in [-0.3, -0.25) is 0 Å². The maximum absolute atomic E-state index is 6.85. The van der Waals surface area contributed by atoms with Crippen molar-refractivity contribution in [2.75, 3.05) is 9.80 Å². The molecular formula is C53H38N2O. The highest BCUT2D eigenvalue weighted by Gasteiger charge is 2.39. The Balaban J connectivity index is 1.04. The molecule has 0 bridgehead atoms. The first-order valence-electron chi connectivity index (χ1n) is 19.4. The molecule has 3 heteroatoms. The molecule has 9 aromatic carbocycles. The number of fused-ring (bicyclic) bond motifs is 11. The van der Waals surface area contributed by atoms with Crippen molar-refractivity contribution in [3.05, 3.63) is 205 Å². The Hall–Kier alpha value is -7.10. The molecule has 0 saturated heterocycles. The van der Waals surface area contributed by atoms with E-state index in [0.29, 0.717) is 0 Å². The molecule has 0 amide bonds. The van der Waals surface area contributed by atoms with E-state index in [-0.39, 0.29) is 5.41 Å². The van der Waals surface area contributed by atoms with Gasteiger partial charge in [0.1, 0.15) is 11.2 Å². The summed E-state index contributed by atoms with van der Waals surface area (Å²) in [5.41, 5.74) is 13.7. The number of benzene rings is 9. The number of nitrogens with zero attached hydrogens (tertiary/aromatic N) is 2. The third-order valence-corrected chi connectivity index (χ3v) is 11.7. The van der Waals surface area contributed by atoms with Crippen molar-refractivity contribution < 1.29 is 4.42 Å². The molecule has 0 atom stereocenters. The monoisotopic (exact) mass is 718 g/mol. The summed E-state index contributed by atoms with van der Waals surface area (Å²) >= 11 is 0. The number of anilines is 6. The van der Waals surface area contributed by atoms with Gasteiger partial charge in [-0.1, -0.05) is 117 Å².